The van der Waals surface area contributed by atoms with Crippen molar-refractivity contribution in [1.82, 2.24) is 4.90 Å². The summed E-state index contributed by atoms with van der Waals surface area (Å²) in [5.74, 6) is -0.415. The van der Waals surface area contributed by atoms with Gasteiger partial charge in [-0.05, 0) is 37.6 Å². The van der Waals surface area contributed by atoms with Gasteiger partial charge in [-0.3, -0.25) is 9.59 Å². The molecule has 0 aromatic heterocycles. The van der Waals surface area contributed by atoms with Gasteiger partial charge in [0.2, 0.25) is 5.91 Å². The molecule has 118 valence electrons. The fourth-order valence-corrected chi connectivity index (χ4v) is 2.36. The zero-order valence-electron chi connectivity index (χ0n) is 13.3. The average Bonchev–Trinajstić information content (AvgIpc) is 2.33. The van der Waals surface area contributed by atoms with Gasteiger partial charge in [-0.2, -0.15) is 0 Å². The lowest BCUT2D eigenvalue weighted by molar-refractivity contribution is -0.138. The van der Waals surface area contributed by atoms with Crippen LogP contribution in [-0.4, -0.2) is 41.5 Å². The zero-order valence-corrected chi connectivity index (χ0v) is 13.3. The van der Waals surface area contributed by atoms with E-state index in [4.69, 9.17) is 10.8 Å². The summed E-state index contributed by atoms with van der Waals surface area (Å²) in [5.41, 5.74) is 5.78. The molecule has 20 heavy (non-hydrogen) atoms. The second-order valence-corrected chi connectivity index (χ2v) is 6.30. The van der Waals surface area contributed by atoms with E-state index in [0.717, 1.165) is 12.8 Å². The highest BCUT2D eigenvalue weighted by Crippen LogP contribution is 2.32. The molecule has 5 nitrogen and oxygen atoms in total. The third kappa shape index (κ3) is 7.48. The Morgan fingerprint density at radius 3 is 2.20 bits per heavy atom. The van der Waals surface area contributed by atoms with Crippen LogP contribution in [0.5, 0.6) is 0 Å². The van der Waals surface area contributed by atoms with Crippen LogP contribution in [0.25, 0.3) is 0 Å². The van der Waals surface area contributed by atoms with Gasteiger partial charge in [0, 0.05) is 19.5 Å². The lowest BCUT2D eigenvalue weighted by Crippen LogP contribution is -2.34. The van der Waals surface area contributed by atoms with Gasteiger partial charge in [0.05, 0.1) is 6.42 Å². The molecule has 0 saturated heterocycles. The van der Waals surface area contributed by atoms with Crippen LogP contribution in [0, 0.1) is 11.3 Å². The van der Waals surface area contributed by atoms with Crippen molar-refractivity contribution in [1.29, 1.82) is 0 Å². The number of nitrogens with zero attached hydrogens (tertiary/aromatic N) is 1. The first-order valence-corrected chi connectivity index (χ1v) is 7.42. The standard InChI is InChI=1S/C15H30N2O3/c1-5-17(11-9-14(19)20)13(18)7-6-12(8-10-16)15(2,3)4/h12H,5-11,16H2,1-4H3,(H,19,20). The minimum absolute atomic E-state index is 0.00504. The van der Waals surface area contributed by atoms with Gasteiger partial charge < -0.3 is 15.7 Å². The number of aliphatic carboxylic acids is 1. The molecule has 1 amide bonds. The average molecular weight is 286 g/mol. The third-order valence-corrected chi connectivity index (χ3v) is 3.78. The van der Waals surface area contributed by atoms with Gasteiger partial charge in [0.15, 0.2) is 0 Å². The van der Waals surface area contributed by atoms with Crippen LogP contribution in [0.15, 0.2) is 0 Å². The number of carboxylic acid groups (broad SMARTS) is 1. The predicted octanol–water partition coefficient (Wildman–Crippen LogP) is 2.10. The van der Waals surface area contributed by atoms with Crippen molar-refractivity contribution in [2.45, 2.75) is 53.4 Å². The Balaban J connectivity index is 4.37. The molecule has 3 N–H and O–H groups in total. The summed E-state index contributed by atoms with van der Waals surface area (Å²) in [6, 6.07) is 0. The maximum absolute atomic E-state index is 12.1. The highest BCUT2D eigenvalue weighted by Gasteiger charge is 2.25. The smallest absolute Gasteiger partial charge is 0.305 e. The zero-order chi connectivity index (χ0) is 15.8. The van der Waals surface area contributed by atoms with Crippen molar-refractivity contribution >= 4 is 11.9 Å². The third-order valence-electron chi connectivity index (χ3n) is 3.78. The first-order chi connectivity index (χ1) is 9.22. The van der Waals surface area contributed by atoms with Crippen LogP contribution in [-0.2, 0) is 9.59 Å². The normalized spacial score (nSPS) is 13.1. The monoisotopic (exact) mass is 286 g/mol. The van der Waals surface area contributed by atoms with Crippen molar-refractivity contribution < 1.29 is 14.7 Å². The van der Waals surface area contributed by atoms with Gasteiger partial charge in [-0.25, -0.2) is 0 Å². The number of hydrogen-bond acceptors (Lipinski definition) is 3. The first-order valence-electron chi connectivity index (χ1n) is 7.42. The van der Waals surface area contributed by atoms with Gasteiger partial charge in [0.25, 0.3) is 0 Å². The second-order valence-electron chi connectivity index (χ2n) is 6.30. The van der Waals surface area contributed by atoms with Crippen molar-refractivity contribution in [3.05, 3.63) is 0 Å². The highest BCUT2D eigenvalue weighted by molar-refractivity contribution is 5.77. The number of hydrogen-bond donors (Lipinski definition) is 2. The summed E-state index contributed by atoms with van der Waals surface area (Å²) in [6.07, 6.45) is 2.20. The van der Waals surface area contributed by atoms with E-state index in [1.807, 2.05) is 6.92 Å². The Morgan fingerprint density at radius 2 is 1.80 bits per heavy atom. The highest BCUT2D eigenvalue weighted by atomic mass is 16.4. The molecule has 0 aliphatic rings. The summed E-state index contributed by atoms with van der Waals surface area (Å²) >= 11 is 0. The molecule has 5 heteroatoms. The molecule has 0 rings (SSSR count). The number of carbonyl (C=O) groups is 2. The van der Waals surface area contributed by atoms with Crippen LogP contribution in [0.4, 0.5) is 0 Å². The van der Waals surface area contributed by atoms with E-state index in [2.05, 4.69) is 20.8 Å². The SMILES string of the molecule is CCN(CCC(=O)O)C(=O)CCC(CCN)C(C)(C)C. The van der Waals surface area contributed by atoms with E-state index in [1.165, 1.54) is 0 Å². The summed E-state index contributed by atoms with van der Waals surface area (Å²) in [7, 11) is 0. The molecule has 0 aromatic rings. The number of rotatable bonds is 9. The molecule has 0 bridgehead atoms. The Hall–Kier alpha value is -1.10. The van der Waals surface area contributed by atoms with Crippen LogP contribution in [0.1, 0.15) is 53.4 Å². The summed E-state index contributed by atoms with van der Waals surface area (Å²) in [6.45, 7) is 9.86. The Bertz CT molecular complexity index is 311. The number of amides is 1. The molecule has 1 atom stereocenters. The van der Waals surface area contributed by atoms with E-state index in [1.54, 1.807) is 4.90 Å². The van der Waals surface area contributed by atoms with Gasteiger partial charge in [-0.15, -0.1) is 0 Å². The summed E-state index contributed by atoms with van der Waals surface area (Å²) in [5, 5.41) is 8.68. The molecule has 0 aliphatic heterocycles. The molecule has 0 spiro atoms. The minimum Gasteiger partial charge on any atom is -0.481 e. The van der Waals surface area contributed by atoms with Crippen LogP contribution in [0.3, 0.4) is 0 Å². The molecular weight excluding hydrogens is 256 g/mol. The van der Waals surface area contributed by atoms with E-state index < -0.39 is 5.97 Å². The maximum atomic E-state index is 12.1. The Morgan fingerprint density at radius 1 is 1.20 bits per heavy atom. The molecule has 1 unspecified atom stereocenters. The van der Waals surface area contributed by atoms with Crippen LogP contribution in [0.2, 0.25) is 0 Å². The van der Waals surface area contributed by atoms with Crippen molar-refractivity contribution in [3.63, 3.8) is 0 Å². The first kappa shape index (κ1) is 18.9. The molecule has 0 aromatic carbocycles. The van der Waals surface area contributed by atoms with E-state index in [0.29, 0.717) is 32.0 Å². The lowest BCUT2D eigenvalue weighted by Gasteiger charge is -2.31. The quantitative estimate of drug-likeness (QED) is 0.680. The van der Waals surface area contributed by atoms with Crippen LogP contribution >= 0.6 is 0 Å². The summed E-state index contributed by atoms with van der Waals surface area (Å²) < 4.78 is 0. The number of carbonyl (C=O) groups excluding carboxylic acids is 1. The second kappa shape index (κ2) is 8.95. The Kier molecular flexibility index (Phi) is 8.46. The van der Waals surface area contributed by atoms with Gasteiger partial charge in [-0.1, -0.05) is 20.8 Å². The van der Waals surface area contributed by atoms with Crippen molar-refractivity contribution in [2.24, 2.45) is 17.1 Å². The fourth-order valence-electron chi connectivity index (χ4n) is 2.36. The van der Waals surface area contributed by atoms with Crippen LogP contribution < -0.4 is 5.73 Å². The van der Waals surface area contributed by atoms with Gasteiger partial charge in [0.1, 0.15) is 0 Å². The topological polar surface area (TPSA) is 83.6 Å². The molecular formula is C15H30N2O3. The molecule has 0 heterocycles. The number of nitrogens with two attached hydrogens (primary N) is 1. The van der Waals surface area contributed by atoms with E-state index >= 15 is 0 Å². The van der Waals surface area contributed by atoms with E-state index in [-0.39, 0.29) is 17.7 Å². The fraction of sp³-hybridized carbons (Fsp3) is 0.867. The predicted molar refractivity (Wildman–Crippen MR) is 80.4 cm³/mol. The molecule has 0 radical (unpaired) electrons. The van der Waals surface area contributed by atoms with Crippen molar-refractivity contribution in [2.75, 3.05) is 19.6 Å². The van der Waals surface area contributed by atoms with Gasteiger partial charge >= 0.3 is 5.97 Å². The lowest BCUT2D eigenvalue weighted by atomic mass is 9.76. The Labute approximate surface area is 122 Å². The van der Waals surface area contributed by atoms with E-state index in [9.17, 15) is 9.59 Å². The molecule has 0 saturated carbocycles. The molecule has 0 aliphatic carbocycles. The summed E-state index contributed by atoms with van der Waals surface area (Å²) in [4.78, 5) is 24.3. The molecule has 0 fully saturated rings. The largest absolute Gasteiger partial charge is 0.481 e. The number of carboxylic acids is 1. The maximum Gasteiger partial charge on any atom is 0.305 e. The minimum atomic E-state index is -0.869. The van der Waals surface area contributed by atoms with Crippen molar-refractivity contribution in [3.8, 4) is 0 Å².